The number of hydrogen-bond acceptors (Lipinski definition) is 6. The van der Waals surface area contributed by atoms with Gasteiger partial charge in [-0.2, -0.15) is 0 Å². The van der Waals surface area contributed by atoms with Crippen molar-refractivity contribution in [3.8, 4) is 11.4 Å². The molecule has 0 saturated carbocycles. The summed E-state index contributed by atoms with van der Waals surface area (Å²) in [7, 11) is 0. The van der Waals surface area contributed by atoms with Crippen LogP contribution in [0.15, 0.2) is 66.3 Å². The zero-order valence-electron chi connectivity index (χ0n) is 17.9. The third-order valence-electron chi connectivity index (χ3n) is 6.00. The second-order valence-electron chi connectivity index (χ2n) is 8.13. The fraction of sp³-hybridized carbons (Fsp3) is 0.200. The predicted octanol–water partition coefficient (Wildman–Crippen LogP) is 5.07. The van der Waals surface area contributed by atoms with E-state index in [-0.39, 0.29) is 5.91 Å². The summed E-state index contributed by atoms with van der Waals surface area (Å²) >= 11 is 1.69. The summed E-state index contributed by atoms with van der Waals surface area (Å²) < 4.78 is 3.23. The van der Waals surface area contributed by atoms with Crippen molar-refractivity contribution in [2.45, 2.75) is 19.4 Å². The lowest BCUT2D eigenvalue weighted by Gasteiger charge is -2.16. The minimum Gasteiger partial charge on any atom is -0.341 e. The van der Waals surface area contributed by atoms with Crippen LogP contribution in [0.25, 0.3) is 32.6 Å². The van der Waals surface area contributed by atoms with Gasteiger partial charge in [0, 0.05) is 52.8 Å². The molecule has 0 aliphatic carbocycles. The van der Waals surface area contributed by atoms with Gasteiger partial charge in [0.15, 0.2) is 22.8 Å². The Morgan fingerprint density at radius 2 is 1.85 bits per heavy atom. The van der Waals surface area contributed by atoms with Gasteiger partial charge in [0.2, 0.25) is 5.91 Å². The van der Waals surface area contributed by atoms with Crippen molar-refractivity contribution in [3.63, 3.8) is 0 Å². The van der Waals surface area contributed by atoms with Crippen LogP contribution in [-0.4, -0.2) is 43.4 Å². The van der Waals surface area contributed by atoms with Gasteiger partial charge in [0.1, 0.15) is 0 Å². The molecular weight excluding hydrogens is 432 g/mol. The first-order chi connectivity index (χ1) is 16.3. The normalized spacial score (nSPS) is 13.9. The molecule has 7 nitrogen and oxygen atoms in total. The van der Waals surface area contributed by atoms with E-state index in [1.807, 2.05) is 51.9 Å². The van der Waals surface area contributed by atoms with Gasteiger partial charge in [-0.1, -0.05) is 36.4 Å². The summed E-state index contributed by atoms with van der Waals surface area (Å²) in [6.45, 7) is 2.13. The summed E-state index contributed by atoms with van der Waals surface area (Å²) in [5, 5.41) is 6.68. The fourth-order valence-electron chi connectivity index (χ4n) is 4.29. The minimum atomic E-state index is 0.228. The van der Waals surface area contributed by atoms with Crippen molar-refractivity contribution in [1.82, 2.24) is 24.4 Å². The number of benzene rings is 2. The number of hydrogen-bond donors (Lipinski definition) is 1. The van der Waals surface area contributed by atoms with Crippen molar-refractivity contribution in [1.29, 1.82) is 0 Å². The van der Waals surface area contributed by atoms with Gasteiger partial charge in [-0.3, -0.25) is 4.79 Å². The largest absolute Gasteiger partial charge is 0.341 e. The topological polar surface area (TPSA) is 75.9 Å². The van der Waals surface area contributed by atoms with Crippen molar-refractivity contribution >= 4 is 50.0 Å². The molecule has 2 aromatic carbocycles. The second-order valence-corrected chi connectivity index (χ2v) is 9.04. The average Bonchev–Trinajstić information content (AvgIpc) is 3.56. The number of fused-ring (bicyclic) bond motifs is 2. The average molecular weight is 455 g/mol. The maximum absolute atomic E-state index is 12.1. The fourth-order valence-corrected chi connectivity index (χ4v) is 5.23. The molecule has 0 spiro atoms. The van der Waals surface area contributed by atoms with Gasteiger partial charge in [-0.25, -0.2) is 15.0 Å². The van der Waals surface area contributed by atoms with Gasteiger partial charge in [0.05, 0.1) is 6.33 Å². The van der Waals surface area contributed by atoms with Crippen molar-refractivity contribution in [2.24, 2.45) is 0 Å². The molecule has 1 amide bonds. The van der Waals surface area contributed by atoms with Crippen LogP contribution < -0.4 is 5.32 Å². The van der Waals surface area contributed by atoms with Gasteiger partial charge < -0.3 is 14.8 Å². The molecule has 0 atom stereocenters. The quantitative estimate of drug-likeness (QED) is 0.387. The van der Waals surface area contributed by atoms with E-state index in [0.717, 1.165) is 40.8 Å². The highest BCUT2D eigenvalue weighted by atomic mass is 32.1. The highest BCUT2D eigenvalue weighted by Gasteiger charge is 2.21. The van der Waals surface area contributed by atoms with Gasteiger partial charge in [0.25, 0.3) is 0 Å². The Hall–Kier alpha value is -3.78. The Morgan fingerprint density at radius 1 is 1.00 bits per heavy atom. The van der Waals surface area contributed by atoms with Crippen molar-refractivity contribution in [3.05, 3.63) is 66.3 Å². The first kappa shape index (κ1) is 19.9. The monoisotopic (exact) mass is 454 g/mol. The van der Waals surface area contributed by atoms with E-state index in [9.17, 15) is 4.79 Å². The second kappa shape index (κ2) is 8.29. The standard InChI is InChI=1S/C25H22N6OS/c32-21-11-6-12-30(21)13-14-31-16-26-22-24(27-17-7-2-1-3-8-17)28-23(29-25(22)31)19-15-33-20-10-5-4-9-18(19)20/h1-5,7-10,15-16H,6,11-14H2,(H,27,28,29). The lowest BCUT2D eigenvalue weighted by Crippen LogP contribution is -2.28. The molecule has 0 radical (unpaired) electrons. The lowest BCUT2D eigenvalue weighted by atomic mass is 10.1. The number of para-hydroxylation sites is 1. The molecule has 1 aliphatic heterocycles. The van der Waals surface area contributed by atoms with E-state index in [0.29, 0.717) is 31.2 Å². The number of aromatic nitrogens is 4. The first-order valence-electron chi connectivity index (χ1n) is 11.1. The minimum absolute atomic E-state index is 0.228. The summed E-state index contributed by atoms with van der Waals surface area (Å²) in [5.74, 6) is 1.57. The predicted molar refractivity (Wildman–Crippen MR) is 132 cm³/mol. The number of likely N-dealkylation sites (tertiary alicyclic amines) is 1. The molecule has 1 fully saturated rings. The summed E-state index contributed by atoms with van der Waals surface area (Å²) in [6.07, 6.45) is 3.38. The Kier molecular flexibility index (Phi) is 4.99. The van der Waals surface area contributed by atoms with Crippen LogP contribution in [0.5, 0.6) is 0 Å². The van der Waals surface area contributed by atoms with E-state index in [4.69, 9.17) is 9.97 Å². The highest BCUT2D eigenvalue weighted by molar-refractivity contribution is 7.17. The van der Waals surface area contributed by atoms with Crippen LogP contribution in [0, 0.1) is 0 Å². The molecule has 8 heteroatoms. The molecule has 1 saturated heterocycles. The molecule has 0 bridgehead atoms. The number of carbonyl (C=O) groups is 1. The first-order valence-corrected chi connectivity index (χ1v) is 11.9. The molecule has 4 heterocycles. The number of nitrogens with one attached hydrogen (secondary N) is 1. The van der Waals surface area contributed by atoms with Gasteiger partial charge in [-0.05, 0) is 24.6 Å². The molecule has 33 heavy (non-hydrogen) atoms. The van der Waals surface area contributed by atoms with E-state index in [1.54, 1.807) is 17.7 Å². The molecule has 1 aliphatic rings. The Bertz CT molecular complexity index is 1460. The van der Waals surface area contributed by atoms with E-state index >= 15 is 0 Å². The molecular formula is C25H22N6OS. The number of imidazole rings is 1. The number of nitrogens with zero attached hydrogens (tertiary/aromatic N) is 5. The molecule has 5 aromatic rings. The number of carbonyl (C=O) groups excluding carboxylic acids is 1. The number of rotatable bonds is 6. The van der Waals surface area contributed by atoms with Crippen molar-refractivity contribution < 1.29 is 4.79 Å². The SMILES string of the molecule is O=C1CCCN1CCn1cnc2c(Nc3ccccc3)nc(-c3csc4ccccc34)nc21. The molecule has 164 valence electrons. The van der Waals surface area contributed by atoms with E-state index in [1.165, 1.54) is 4.70 Å². The van der Waals surface area contributed by atoms with E-state index < -0.39 is 0 Å². The van der Waals surface area contributed by atoms with E-state index in [2.05, 4.69) is 27.8 Å². The molecule has 3 aromatic heterocycles. The van der Waals surface area contributed by atoms with Crippen LogP contribution in [0.4, 0.5) is 11.5 Å². The zero-order chi connectivity index (χ0) is 22.2. The summed E-state index contributed by atoms with van der Waals surface area (Å²) in [5.41, 5.74) is 3.43. The van der Waals surface area contributed by atoms with Crippen molar-refractivity contribution in [2.75, 3.05) is 18.4 Å². The Balaban J connectivity index is 1.45. The maximum atomic E-state index is 12.1. The number of anilines is 2. The summed E-state index contributed by atoms with van der Waals surface area (Å²) in [4.78, 5) is 28.5. The van der Waals surface area contributed by atoms with Gasteiger partial charge >= 0.3 is 0 Å². The Morgan fingerprint density at radius 3 is 2.70 bits per heavy atom. The molecule has 1 N–H and O–H groups in total. The third-order valence-corrected chi connectivity index (χ3v) is 6.97. The van der Waals surface area contributed by atoms with Crippen LogP contribution in [-0.2, 0) is 11.3 Å². The zero-order valence-corrected chi connectivity index (χ0v) is 18.8. The van der Waals surface area contributed by atoms with Crippen LogP contribution in [0.3, 0.4) is 0 Å². The molecule has 0 unspecified atom stereocenters. The summed E-state index contributed by atoms with van der Waals surface area (Å²) in [6, 6.07) is 18.3. The van der Waals surface area contributed by atoms with Crippen LogP contribution in [0.2, 0.25) is 0 Å². The van der Waals surface area contributed by atoms with Gasteiger partial charge in [-0.15, -0.1) is 11.3 Å². The number of amides is 1. The number of thiophene rings is 1. The highest BCUT2D eigenvalue weighted by Crippen LogP contribution is 2.34. The smallest absolute Gasteiger partial charge is 0.222 e. The van der Waals surface area contributed by atoms with Crippen LogP contribution >= 0.6 is 11.3 Å². The third kappa shape index (κ3) is 3.72. The maximum Gasteiger partial charge on any atom is 0.222 e. The lowest BCUT2D eigenvalue weighted by molar-refractivity contribution is -0.127. The molecule has 6 rings (SSSR count). The van der Waals surface area contributed by atoms with Crippen LogP contribution in [0.1, 0.15) is 12.8 Å². The Labute approximate surface area is 194 Å².